The van der Waals surface area contributed by atoms with Crippen LogP contribution in [0.15, 0.2) is 0 Å². The Bertz CT molecular complexity index is 83.0. The van der Waals surface area contributed by atoms with Gasteiger partial charge < -0.3 is 11.5 Å². The average Bonchev–Trinajstić information content (AvgIpc) is 1.88. The Morgan fingerprint density at radius 1 is 1.33 bits per heavy atom. The SMILES string of the molecule is NCC1CCCC(N)C1. The van der Waals surface area contributed by atoms with Crippen LogP contribution in [0.2, 0.25) is 0 Å². The third kappa shape index (κ3) is 1.95. The maximum atomic E-state index is 5.75. The minimum Gasteiger partial charge on any atom is -0.330 e. The molecule has 9 heavy (non-hydrogen) atoms. The molecule has 4 N–H and O–H groups in total. The Kier molecular flexibility index (Phi) is 2.49. The molecule has 0 bridgehead atoms. The number of nitrogens with two attached hydrogens (primary N) is 2. The summed E-state index contributed by atoms with van der Waals surface area (Å²) in [4.78, 5) is 0. The molecule has 0 aromatic rings. The first-order valence-corrected chi connectivity index (χ1v) is 3.78. The maximum Gasteiger partial charge on any atom is 0.00419 e. The molecule has 1 fully saturated rings. The highest BCUT2D eigenvalue weighted by Gasteiger charge is 2.16. The molecule has 1 saturated carbocycles. The normalized spacial score (nSPS) is 36.7. The second-order valence-electron chi connectivity index (χ2n) is 3.03. The molecule has 54 valence electrons. The first-order chi connectivity index (χ1) is 4.33. The van der Waals surface area contributed by atoms with Gasteiger partial charge in [-0.05, 0) is 31.7 Å². The van der Waals surface area contributed by atoms with Crippen LogP contribution in [0, 0.1) is 5.92 Å². The van der Waals surface area contributed by atoms with Gasteiger partial charge in [0.25, 0.3) is 0 Å². The number of rotatable bonds is 1. The third-order valence-electron chi connectivity index (χ3n) is 2.16. The van der Waals surface area contributed by atoms with Gasteiger partial charge in [0.2, 0.25) is 0 Å². The second kappa shape index (κ2) is 3.18. The summed E-state index contributed by atoms with van der Waals surface area (Å²) in [5.41, 5.74) is 11.3. The van der Waals surface area contributed by atoms with Crippen LogP contribution in [-0.4, -0.2) is 12.6 Å². The van der Waals surface area contributed by atoms with Crippen LogP contribution in [0.5, 0.6) is 0 Å². The quantitative estimate of drug-likeness (QED) is 0.539. The molecule has 0 aromatic carbocycles. The molecular weight excluding hydrogens is 112 g/mol. The lowest BCUT2D eigenvalue weighted by Gasteiger charge is -2.24. The topological polar surface area (TPSA) is 52.0 Å². The van der Waals surface area contributed by atoms with Crippen LogP contribution in [0.4, 0.5) is 0 Å². The summed E-state index contributed by atoms with van der Waals surface area (Å²) in [6.45, 7) is 0.827. The zero-order valence-electron chi connectivity index (χ0n) is 5.84. The molecule has 2 unspecified atom stereocenters. The summed E-state index contributed by atoms with van der Waals surface area (Å²) in [5, 5.41) is 0. The van der Waals surface area contributed by atoms with Crippen molar-refractivity contribution in [1.82, 2.24) is 0 Å². The molecule has 2 heteroatoms. The van der Waals surface area contributed by atoms with Gasteiger partial charge in [-0.25, -0.2) is 0 Å². The van der Waals surface area contributed by atoms with Gasteiger partial charge in [0.1, 0.15) is 0 Å². The fourth-order valence-corrected chi connectivity index (χ4v) is 1.55. The van der Waals surface area contributed by atoms with Gasteiger partial charge in [-0.15, -0.1) is 0 Å². The zero-order chi connectivity index (χ0) is 6.69. The van der Waals surface area contributed by atoms with E-state index in [0.717, 1.165) is 13.0 Å². The van der Waals surface area contributed by atoms with Gasteiger partial charge in [-0.3, -0.25) is 0 Å². The van der Waals surface area contributed by atoms with E-state index in [9.17, 15) is 0 Å². The van der Waals surface area contributed by atoms with Gasteiger partial charge in [-0.2, -0.15) is 0 Å². The number of hydrogen-bond acceptors (Lipinski definition) is 2. The Balaban J connectivity index is 2.23. The van der Waals surface area contributed by atoms with Gasteiger partial charge >= 0.3 is 0 Å². The molecule has 0 aromatic heterocycles. The van der Waals surface area contributed by atoms with Crippen molar-refractivity contribution < 1.29 is 0 Å². The fraction of sp³-hybridized carbons (Fsp3) is 1.00. The summed E-state index contributed by atoms with van der Waals surface area (Å²) in [5.74, 6) is 0.716. The third-order valence-corrected chi connectivity index (χ3v) is 2.16. The lowest BCUT2D eigenvalue weighted by Crippen LogP contribution is -2.31. The molecule has 1 aliphatic carbocycles. The highest BCUT2D eigenvalue weighted by molar-refractivity contribution is 4.74. The Labute approximate surface area is 56.6 Å². The van der Waals surface area contributed by atoms with Gasteiger partial charge in [0, 0.05) is 6.04 Å². The van der Waals surface area contributed by atoms with E-state index in [-0.39, 0.29) is 0 Å². The lowest BCUT2D eigenvalue weighted by atomic mass is 9.86. The molecular formula is C7H16N2. The monoisotopic (exact) mass is 128 g/mol. The van der Waals surface area contributed by atoms with Crippen molar-refractivity contribution in [3.05, 3.63) is 0 Å². The summed E-state index contributed by atoms with van der Waals surface area (Å²) < 4.78 is 0. The lowest BCUT2D eigenvalue weighted by molar-refractivity contribution is 0.329. The molecule has 0 saturated heterocycles. The predicted molar refractivity (Wildman–Crippen MR) is 39.0 cm³/mol. The molecule has 0 aliphatic heterocycles. The summed E-state index contributed by atoms with van der Waals surface area (Å²) in [6.07, 6.45) is 4.93. The van der Waals surface area contributed by atoms with Crippen molar-refractivity contribution in [3.8, 4) is 0 Å². The second-order valence-corrected chi connectivity index (χ2v) is 3.03. The highest BCUT2D eigenvalue weighted by atomic mass is 14.7. The summed E-state index contributed by atoms with van der Waals surface area (Å²) in [7, 11) is 0. The maximum absolute atomic E-state index is 5.75. The van der Waals surface area contributed by atoms with Crippen molar-refractivity contribution in [2.75, 3.05) is 6.54 Å². The van der Waals surface area contributed by atoms with Crippen LogP contribution < -0.4 is 11.5 Å². The van der Waals surface area contributed by atoms with E-state index in [1.807, 2.05) is 0 Å². The van der Waals surface area contributed by atoms with E-state index >= 15 is 0 Å². The van der Waals surface area contributed by atoms with E-state index in [1.54, 1.807) is 0 Å². The predicted octanol–water partition coefficient (Wildman–Crippen LogP) is 0.463. The fourth-order valence-electron chi connectivity index (χ4n) is 1.55. The first-order valence-electron chi connectivity index (χ1n) is 3.78. The van der Waals surface area contributed by atoms with E-state index in [0.29, 0.717) is 12.0 Å². The molecule has 1 aliphatic rings. The summed E-state index contributed by atoms with van der Waals surface area (Å²) in [6, 6.07) is 0.437. The molecule has 0 amide bonds. The summed E-state index contributed by atoms with van der Waals surface area (Å²) >= 11 is 0. The van der Waals surface area contributed by atoms with Crippen molar-refractivity contribution in [2.45, 2.75) is 31.7 Å². The van der Waals surface area contributed by atoms with Crippen LogP contribution in [0.3, 0.4) is 0 Å². The smallest absolute Gasteiger partial charge is 0.00419 e. The standard InChI is InChI=1S/C7H16N2/c8-5-6-2-1-3-7(9)4-6/h6-7H,1-5,8-9H2. The highest BCUT2D eigenvalue weighted by Crippen LogP contribution is 2.21. The van der Waals surface area contributed by atoms with E-state index in [4.69, 9.17) is 11.5 Å². The van der Waals surface area contributed by atoms with Crippen molar-refractivity contribution >= 4 is 0 Å². The van der Waals surface area contributed by atoms with Crippen LogP contribution in [-0.2, 0) is 0 Å². The molecule has 0 radical (unpaired) electrons. The van der Waals surface area contributed by atoms with Crippen molar-refractivity contribution in [3.63, 3.8) is 0 Å². The molecule has 0 spiro atoms. The van der Waals surface area contributed by atoms with E-state index in [2.05, 4.69) is 0 Å². The molecule has 2 nitrogen and oxygen atoms in total. The largest absolute Gasteiger partial charge is 0.330 e. The van der Waals surface area contributed by atoms with Crippen molar-refractivity contribution in [2.24, 2.45) is 17.4 Å². The van der Waals surface area contributed by atoms with Crippen LogP contribution >= 0.6 is 0 Å². The van der Waals surface area contributed by atoms with E-state index in [1.165, 1.54) is 19.3 Å². The van der Waals surface area contributed by atoms with Crippen LogP contribution in [0.25, 0.3) is 0 Å². The van der Waals surface area contributed by atoms with Gasteiger partial charge in [-0.1, -0.05) is 6.42 Å². The minimum atomic E-state index is 0.437. The Morgan fingerprint density at radius 2 is 2.11 bits per heavy atom. The first kappa shape index (κ1) is 7.03. The average molecular weight is 128 g/mol. The number of hydrogen-bond donors (Lipinski definition) is 2. The minimum absolute atomic E-state index is 0.437. The van der Waals surface area contributed by atoms with Crippen molar-refractivity contribution in [1.29, 1.82) is 0 Å². The molecule has 1 rings (SSSR count). The van der Waals surface area contributed by atoms with E-state index < -0.39 is 0 Å². The zero-order valence-corrected chi connectivity index (χ0v) is 5.84. The van der Waals surface area contributed by atoms with Gasteiger partial charge in [0.15, 0.2) is 0 Å². The Morgan fingerprint density at radius 3 is 2.56 bits per heavy atom. The van der Waals surface area contributed by atoms with Crippen LogP contribution in [0.1, 0.15) is 25.7 Å². The Hall–Kier alpha value is -0.0800. The molecule has 2 atom stereocenters. The molecule has 0 heterocycles. The van der Waals surface area contributed by atoms with Gasteiger partial charge in [0.05, 0.1) is 0 Å².